The maximum absolute atomic E-state index is 12.7. The van der Waals surface area contributed by atoms with E-state index in [1.54, 1.807) is 18.2 Å². The molecule has 4 nitrogen and oxygen atoms in total. The largest absolute Gasteiger partial charge is 0.317 e. The molecule has 1 aromatic heterocycles. The van der Waals surface area contributed by atoms with Gasteiger partial charge in [0.05, 0.1) is 10.6 Å². The van der Waals surface area contributed by atoms with Gasteiger partial charge in [0.25, 0.3) is 11.1 Å². The van der Waals surface area contributed by atoms with E-state index in [1.807, 2.05) is 71.4 Å². The van der Waals surface area contributed by atoms with Crippen molar-refractivity contribution in [1.29, 1.82) is 0 Å². The van der Waals surface area contributed by atoms with Crippen LogP contribution in [0.5, 0.6) is 0 Å². The van der Waals surface area contributed by atoms with Crippen LogP contribution in [0.3, 0.4) is 0 Å². The van der Waals surface area contributed by atoms with Crippen molar-refractivity contribution in [2.45, 2.75) is 0 Å². The molecule has 0 radical (unpaired) electrons. The van der Waals surface area contributed by atoms with Crippen LogP contribution in [0.2, 0.25) is 0 Å². The van der Waals surface area contributed by atoms with Gasteiger partial charge in [-0.1, -0.05) is 36.4 Å². The highest BCUT2D eigenvalue weighted by Crippen LogP contribution is 2.35. The van der Waals surface area contributed by atoms with Gasteiger partial charge in [-0.25, -0.2) is 4.90 Å². The van der Waals surface area contributed by atoms with Crippen molar-refractivity contribution in [2.75, 3.05) is 4.90 Å². The molecule has 0 N–H and O–H groups in total. The molecule has 0 aliphatic carbocycles. The number of para-hydroxylation sites is 2. The summed E-state index contributed by atoms with van der Waals surface area (Å²) >= 11 is 0.964. The van der Waals surface area contributed by atoms with Crippen molar-refractivity contribution in [3.8, 4) is 5.69 Å². The third-order valence-corrected chi connectivity index (χ3v) is 4.77. The highest BCUT2D eigenvalue weighted by Gasteiger charge is 2.36. The van der Waals surface area contributed by atoms with Crippen LogP contribution in [-0.2, 0) is 4.79 Å². The Labute approximate surface area is 149 Å². The van der Waals surface area contributed by atoms with Crippen molar-refractivity contribution in [2.24, 2.45) is 0 Å². The normalized spacial score (nSPS) is 16.0. The molecule has 0 saturated carbocycles. The first-order chi connectivity index (χ1) is 12.2. The second-order valence-electron chi connectivity index (χ2n) is 5.49. The number of carbonyl (C=O) groups is 2. The molecule has 25 heavy (non-hydrogen) atoms. The lowest BCUT2D eigenvalue weighted by atomic mass is 10.2. The Kier molecular flexibility index (Phi) is 3.99. The third kappa shape index (κ3) is 2.90. The van der Waals surface area contributed by atoms with Crippen LogP contribution in [0, 0.1) is 0 Å². The zero-order valence-electron chi connectivity index (χ0n) is 13.2. The molecule has 1 aliphatic rings. The van der Waals surface area contributed by atoms with Gasteiger partial charge in [-0.15, -0.1) is 0 Å². The van der Waals surface area contributed by atoms with Crippen LogP contribution in [0.25, 0.3) is 11.8 Å². The van der Waals surface area contributed by atoms with Gasteiger partial charge in [0.1, 0.15) is 0 Å². The Morgan fingerprint density at radius 1 is 0.760 bits per heavy atom. The second-order valence-corrected chi connectivity index (χ2v) is 6.48. The summed E-state index contributed by atoms with van der Waals surface area (Å²) in [6.45, 7) is 0. The Bertz CT molecular complexity index is 962. The van der Waals surface area contributed by atoms with E-state index in [2.05, 4.69) is 0 Å². The highest BCUT2D eigenvalue weighted by molar-refractivity contribution is 8.19. The number of rotatable bonds is 3. The van der Waals surface area contributed by atoms with E-state index >= 15 is 0 Å². The Balaban J connectivity index is 1.69. The number of amides is 2. The molecular formula is C20H14N2O2S. The molecule has 0 unspecified atom stereocenters. The molecule has 5 heteroatoms. The van der Waals surface area contributed by atoms with Crippen molar-refractivity contribution in [3.05, 3.63) is 89.6 Å². The number of hydrogen-bond donors (Lipinski definition) is 0. The zero-order valence-corrected chi connectivity index (χ0v) is 14.0. The summed E-state index contributed by atoms with van der Waals surface area (Å²) in [4.78, 5) is 26.6. The van der Waals surface area contributed by atoms with E-state index in [1.165, 1.54) is 4.90 Å². The number of anilines is 1. The van der Waals surface area contributed by atoms with Crippen LogP contribution >= 0.6 is 11.8 Å². The van der Waals surface area contributed by atoms with Gasteiger partial charge in [-0.2, -0.15) is 0 Å². The third-order valence-electron chi connectivity index (χ3n) is 3.90. The molecule has 4 rings (SSSR count). The molecular weight excluding hydrogens is 332 g/mol. The van der Waals surface area contributed by atoms with Crippen molar-refractivity contribution < 1.29 is 9.59 Å². The summed E-state index contributed by atoms with van der Waals surface area (Å²) in [6.07, 6.45) is 3.70. The Morgan fingerprint density at radius 3 is 2.08 bits per heavy atom. The van der Waals surface area contributed by atoms with Crippen molar-refractivity contribution in [1.82, 2.24) is 4.57 Å². The van der Waals surface area contributed by atoms with Crippen LogP contribution in [0.1, 0.15) is 5.69 Å². The molecule has 1 aliphatic heterocycles. The predicted octanol–water partition coefficient (Wildman–Crippen LogP) is 4.72. The van der Waals surface area contributed by atoms with Crippen molar-refractivity contribution in [3.63, 3.8) is 0 Å². The minimum Gasteiger partial charge on any atom is -0.317 e. The highest BCUT2D eigenvalue weighted by atomic mass is 32.2. The fraction of sp³-hybridized carbons (Fsp3) is 0. The first kappa shape index (κ1) is 15.5. The maximum atomic E-state index is 12.7. The summed E-state index contributed by atoms with van der Waals surface area (Å²) in [5.74, 6) is -0.290. The number of aromatic nitrogens is 1. The summed E-state index contributed by atoms with van der Waals surface area (Å²) in [5, 5.41) is -0.278. The van der Waals surface area contributed by atoms with E-state index in [-0.39, 0.29) is 11.1 Å². The quantitative estimate of drug-likeness (QED) is 0.645. The monoisotopic (exact) mass is 346 g/mol. The number of benzene rings is 2. The van der Waals surface area contributed by atoms with E-state index < -0.39 is 0 Å². The number of hydrogen-bond acceptors (Lipinski definition) is 3. The van der Waals surface area contributed by atoms with Gasteiger partial charge in [0, 0.05) is 17.6 Å². The van der Waals surface area contributed by atoms with Crippen molar-refractivity contribution >= 4 is 34.7 Å². The molecule has 1 fully saturated rings. The Hall–Kier alpha value is -3.05. The van der Waals surface area contributed by atoms with Gasteiger partial charge in [-0.05, 0) is 54.2 Å². The summed E-state index contributed by atoms with van der Waals surface area (Å²) in [5.41, 5.74) is 2.44. The van der Waals surface area contributed by atoms with Gasteiger partial charge in [0.2, 0.25) is 0 Å². The fourth-order valence-electron chi connectivity index (χ4n) is 2.74. The molecule has 2 aromatic carbocycles. The second kappa shape index (κ2) is 6.45. The Morgan fingerprint density at radius 2 is 1.40 bits per heavy atom. The van der Waals surface area contributed by atoms with E-state index in [0.29, 0.717) is 10.6 Å². The van der Waals surface area contributed by atoms with Gasteiger partial charge < -0.3 is 4.57 Å². The lowest BCUT2D eigenvalue weighted by molar-refractivity contribution is -0.113. The minimum atomic E-state index is -0.290. The SMILES string of the molecule is O=C1S/C(=C/c2cccn2-c2ccccc2)C(=O)N1c1ccccc1. The average molecular weight is 346 g/mol. The van der Waals surface area contributed by atoms with E-state index in [0.717, 1.165) is 23.1 Å². The average Bonchev–Trinajstić information content (AvgIpc) is 3.21. The molecule has 122 valence electrons. The molecule has 0 atom stereocenters. The summed E-state index contributed by atoms with van der Waals surface area (Å²) < 4.78 is 1.98. The maximum Gasteiger partial charge on any atom is 0.298 e. The van der Waals surface area contributed by atoms with Gasteiger partial charge >= 0.3 is 0 Å². The fourth-order valence-corrected chi connectivity index (χ4v) is 3.56. The van der Waals surface area contributed by atoms with E-state index in [9.17, 15) is 9.59 Å². The number of carbonyl (C=O) groups excluding carboxylic acids is 2. The molecule has 2 heterocycles. The standard InChI is InChI=1S/C20H14N2O2S/c23-19-18(25-20(24)22(19)16-10-5-2-6-11-16)14-17-12-7-13-21(17)15-8-3-1-4-9-15/h1-14H/b18-14+. The lowest BCUT2D eigenvalue weighted by Crippen LogP contribution is -2.27. The zero-order chi connectivity index (χ0) is 17.2. The first-order valence-corrected chi connectivity index (χ1v) is 8.61. The van der Waals surface area contributed by atoms with E-state index in [4.69, 9.17) is 0 Å². The minimum absolute atomic E-state index is 0.278. The van der Waals surface area contributed by atoms with Gasteiger partial charge in [-0.3, -0.25) is 9.59 Å². The van der Waals surface area contributed by atoms with Crippen LogP contribution in [-0.4, -0.2) is 15.7 Å². The van der Waals surface area contributed by atoms with Gasteiger partial charge in [0.15, 0.2) is 0 Å². The lowest BCUT2D eigenvalue weighted by Gasteiger charge is -2.11. The number of nitrogens with zero attached hydrogens (tertiary/aromatic N) is 2. The molecule has 0 spiro atoms. The van der Waals surface area contributed by atoms with Crippen LogP contribution in [0.15, 0.2) is 83.9 Å². The molecule has 0 bridgehead atoms. The topological polar surface area (TPSA) is 42.3 Å². The smallest absolute Gasteiger partial charge is 0.298 e. The predicted molar refractivity (Wildman–Crippen MR) is 101 cm³/mol. The summed E-state index contributed by atoms with van der Waals surface area (Å²) in [6, 6.07) is 22.7. The molecule has 2 amide bonds. The number of thioether (sulfide) groups is 1. The number of imide groups is 1. The summed E-state index contributed by atoms with van der Waals surface area (Å²) in [7, 11) is 0. The molecule has 3 aromatic rings. The van der Waals surface area contributed by atoms with Crippen LogP contribution in [0.4, 0.5) is 10.5 Å². The molecule has 1 saturated heterocycles. The van der Waals surface area contributed by atoms with Crippen LogP contribution < -0.4 is 4.90 Å². The first-order valence-electron chi connectivity index (χ1n) is 7.80.